The number of nitriles is 1. The van der Waals surface area contributed by atoms with Crippen LogP contribution in [0, 0.1) is 11.3 Å². The second-order valence-corrected chi connectivity index (χ2v) is 8.93. The smallest absolute Gasteiger partial charge is 0.166 e. The number of nitrogens with zero attached hydrogens (tertiary/aromatic N) is 2. The highest BCUT2D eigenvalue weighted by atomic mass is 16.6. The first-order valence-corrected chi connectivity index (χ1v) is 10.8. The van der Waals surface area contributed by atoms with E-state index in [1.165, 1.54) is 74.8 Å². The Kier molecular flexibility index (Phi) is 3.83. The van der Waals surface area contributed by atoms with E-state index in [4.69, 9.17) is 4.74 Å². The molecule has 1 saturated heterocycles. The highest BCUT2D eigenvalue weighted by Gasteiger charge is 2.60. The molecule has 1 unspecified atom stereocenters. The maximum absolute atomic E-state index is 9.61. The van der Waals surface area contributed by atoms with Crippen LogP contribution in [-0.2, 0) is 4.74 Å². The third-order valence-electron chi connectivity index (χ3n) is 7.49. The van der Waals surface area contributed by atoms with Gasteiger partial charge in [-0.3, -0.25) is 0 Å². The maximum Gasteiger partial charge on any atom is 0.166 e. The average Bonchev–Trinajstić information content (AvgIpc) is 2.92. The molecule has 3 heteroatoms. The fraction of sp³-hybridized carbons (Fsp3) is 0.696. The van der Waals surface area contributed by atoms with Crippen molar-refractivity contribution in [3.8, 4) is 6.07 Å². The van der Waals surface area contributed by atoms with E-state index in [0.717, 1.165) is 25.7 Å². The van der Waals surface area contributed by atoms with Gasteiger partial charge >= 0.3 is 0 Å². The normalized spacial score (nSPS) is 34.6. The molecule has 2 fully saturated rings. The minimum atomic E-state index is -0.355. The van der Waals surface area contributed by atoms with Crippen LogP contribution in [0.15, 0.2) is 34.2 Å². The van der Waals surface area contributed by atoms with Gasteiger partial charge in [-0.05, 0) is 87.9 Å². The molecule has 1 saturated carbocycles. The van der Waals surface area contributed by atoms with E-state index in [2.05, 4.69) is 17.9 Å². The zero-order valence-electron chi connectivity index (χ0n) is 16.1. The van der Waals surface area contributed by atoms with Crippen LogP contribution in [-0.4, -0.2) is 16.2 Å². The van der Waals surface area contributed by atoms with E-state index in [1.54, 1.807) is 11.1 Å². The largest absolute Gasteiger partial charge is 0.339 e. The number of hydrogen-bond donors (Lipinski definition) is 0. The van der Waals surface area contributed by atoms with Crippen LogP contribution < -0.4 is 0 Å². The topological polar surface area (TPSA) is 36.3 Å². The van der Waals surface area contributed by atoms with E-state index in [0.29, 0.717) is 0 Å². The van der Waals surface area contributed by atoms with Crippen molar-refractivity contribution in [3.63, 3.8) is 0 Å². The van der Waals surface area contributed by atoms with E-state index in [1.807, 2.05) is 6.08 Å². The average molecular weight is 351 g/mol. The molecule has 3 nitrogen and oxygen atoms in total. The molecular weight excluding hydrogens is 320 g/mol. The van der Waals surface area contributed by atoms with Crippen LogP contribution >= 0.6 is 0 Å². The molecule has 5 aliphatic rings. The lowest BCUT2D eigenvalue weighted by molar-refractivity contribution is -0.115. The van der Waals surface area contributed by atoms with Gasteiger partial charge in [0.15, 0.2) is 5.72 Å². The third-order valence-corrected chi connectivity index (χ3v) is 7.49. The maximum atomic E-state index is 9.61. The molecule has 0 amide bonds. The Balaban J connectivity index is 1.72. The number of hydrogen-bond acceptors (Lipinski definition) is 3. The monoisotopic (exact) mass is 350 g/mol. The van der Waals surface area contributed by atoms with Crippen molar-refractivity contribution >= 4 is 0 Å². The summed E-state index contributed by atoms with van der Waals surface area (Å²) in [6.45, 7) is 2.31. The molecule has 2 heterocycles. The van der Waals surface area contributed by atoms with Gasteiger partial charge in [0.25, 0.3) is 0 Å². The highest BCUT2D eigenvalue weighted by molar-refractivity contribution is 5.52. The summed E-state index contributed by atoms with van der Waals surface area (Å²) in [5.41, 5.74) is 6.86. The van der Waals surface area contributed by atoms with Gasteiger partial charge < -0.3 is 9.64 Å². The minimum Gasteiger partial charge on any atom is -0.339 e. The number of rotatable bonds is 0. The zero-order chi connectivity index (χ0) is 17.8. The summed E-state index contributed by atoms with van der Waals surface area (Å²) in [6.07, 6.45) is 17.6. The minimum absolute atomic E-state index is 0.238. The fourth-order valence-electron chi connectivity index (χ4n) is 6.46. The second-order valence-electron chi connectivity index (χ2n) is 8.93. The first-order valence-electron chi connectivity index (χ1n) is 10.8. The lowest BCUT2D eigenvalue weighted by Gasteiger charge is -2.47. The quantitative estimate of drug-likeness (QED) is 0.514. The van der Waals surface area contributed by atoms with Crippen molar-refractivity contribution < 1.29 is 4.74 Å². The van der Waals surface area contributed by atoms with Crippen molar-refractivity contribution in [2.75, 3.05) is 0 Å². The van der Waals surface area contributed by atoms with Crippen molar-refractivity contribution in [1.29, 1.82) is 5.26 Å². The Bertz CT molecular complexity index is 760. The molecule has 1 atom stereocenters. The van der Waals surface area contributed by atoms with E-state index >= 15 is 0 Å². The standard InChI is InChI=1S/C23H30N2O/c1-22-19-11-5-3-9-17(19)18-10-4-6-12-20(18)25(22)21(13-16-24)23(26-22)14-7-2-8-15-23/h13H,2-12,14-15H2,1H3/b21-13-. The molecule has 0 N–H and O–H groups in total. The Hall–Kier alpha value is -1.53. The molecule has 5 rings (SSSR count). The van der Waals surface area contributed by atoms with Crippen LogP contribution in [0.1, 0.15) is 90.4 Å². The Morgan fingerprint density at radius 1 is 0.923 bits per heavy atom. The van der Waals surface area contributed by atoms with Gasteiger partial charge in [-0.15, -0.1) is 0 Å². The first-order chi connectivity index (χ1) is 12.7. The molecule has 26 heavy (non-hydrogen) atoms. The van der Waals surface area contributed by atoms with Gasteiger partial charge in [0.2, 0.25) is 0 Å². The van der Waals surface area contributed by atoms with Crippen LogP contribution in [0.3, 0.4) is 0 Å². The molecule has 0 aromatic carbocycles. The second kappa shape index (κ2) is 5.99. The zero-order valence-corrected chi connectivity index (χ0v) is 16.1. The van der Waals surface area contributed by atoms with Gasteiger partial charge in [0.1, 0.15) is 5.60 Å². The predicted molar refractivity (Wildman–Crippen MR) is 102 cm³/mol. The van der Waals surface area contributed by atoms with Gasteiger partial charge in [-0.1, -0.05) is 19.3 Å². The van der Waals surface area contributed by atoms with Gasteiger partial charge in [0, 0.05) is 11.8 Å². The number of allylic oxidation sites excluding steroid dienone is 4. The Morgan fingerprint density at radius 2 is 1.62 bits per heavy atom. The molecule has 0 bridgehead atoms. The third kappa shape index (κ3) is 2.15. The highest BCUT2D eigenvalue weighted by Crippen LogP contribution is 2.60. The molecule has 0 aromatic rings. The van der Waals surface area contributed by atoms with Crippen molar-refractivity contribution in [3.05, 3.63) is 34.2 Å². The SMILES string of the molecule is CC12OC3(CCCCC3)/C(=C/C#N)N1C1=C(CCCC1)C1=C2CCCC1. The summed E-state index contributed by atoms with van der Waals surface area (Å²) in [5.74, 6) is 0. The van der Waals surface area contributed by atoms with Crippen LogP contribution in [0.4, 0.5) is 0 Å². The fourth-order valence-corrected chi connectivity index (χ4v) is 6.46. The summed E-state index contributed by atoms with van der Waals surface area (Å²) >= 11 is 0. The number of ether oxygens (including phenoxy) is 1. The lowest BCUT2D eigenvalue weighted by atomic mass is 9.74. The molecule has 1 spiro atoms. The van der Waals surface area contributed by atoms with Gasteiger partial charge in [-0.2, -0.15) is 5.26 Å². The summed E-state index contributed by atoms with van der Waals surface area (Å²) < 4.78 is 7.08. The molecule has 0 aromatic heterocycles. The van der Waals surface area contributed by atoms with Crippen molar-refractivity contribution in [2.45, 2.75) is 102 Å². The predicted octanol–water partition coefficient (Wildman–Crippen LogP) is 5.86. The number of fused-ring (bicyclic) bond motifs is 4. The summed E-state index contributed by atoms with van der Waals surface area (Å²) in [6, 6.07) is 2.38. The molecule has 0 radical (unpaired) electrons. The van der Waals surface area contributed by atoms with Crippen LogP contribution in [0.5, 0.6) is 0 Å². The van der Waals surface area contributed by atoms with Crippen molar-refractivity contribution in [1.82, 2.24) is 4.90 Å². The van der Waals surface area contributed by atoms with E-state index in [9.17, 15) is 5.26 Å². The molecule has 2 aliphatic heterocycles. The van der Waals surface area contributed by atoms with E-state index in [-0.39, 0.29) is 11.3 Å². The first kappa shape index (κ1) is 16.6. The summed E-state index contributed by atoms with van der Waals surface area (Å²) in [4.78, 5) is 2.51. The molecular formula is C23H30N2O. The Labute approximate surface area is 157 Å². The lowest BCUT2D eigenvalue weighted by Crippen LogP contribution is -2.47. The van der Waals surface area contributed by atoms with E-state index < -0.39 is 0 Å². The Morgan fingerprint density at radius 3 is 2.38 bits per heavy atom. The molecule has 3 aliphatic carbocycles. The van der Waals surface area contributed by atoms with Crippen LogP contribution in [0.2, 0.25) is 0 Å². The van der Waals surface area contributed by atoms with Crippen LogP contribution in [0.25, 0.3) is 0 Å². The molecule has 138 valence electrons. The van der Waals surface area contributed by atoms with Gasteiger partial charge in [0.05, 0.1) is 11.8 Å². The summed E-state index contributed by atoms with van der Waals surface area (Å²) in [5, 5.41) is 9.61. The summed E-state index contributed by atoms with van der Waals surface area (Å²) in [7, 11) is 0. The van der Waals surface area contributed by atoms with Crippen molar-refractivity contribution in [2.24, 2.45) is 0 Å². The van der Waals surface area contributed by atoms with Gasteiger partial charge in [-0.25, -0.2) is 0 Å².